The molecule has 6 heteroatoms. The molecule has 4 nitrogen and oxygen atoms in total. The molecule has 0 unspecified atom stereocenters. The molecule has 1 aromatic heterocycles. The summed E-state index contributed by atoms with van der Waals surface area (Å²) in [4.78, 5) is 10.1. The van der Waals surface area contributed by atoms with Gasteiger partial charge >= 0.3 is 0 Å². The van der Waals surface area contributed by atoms with Crippen LogP contribution in [0.2, 0.25) is 0 Å². The van der Waals surface area contributed by atoms with Crippen molar-refractivity contribution in [1.29, 1.82) is 0 Å². The van der Waals surface area contributed by atoms with Crippen LogP contribution in [0.1, 0.15) is 22.5 Å². The first kappa shape index (κ1) is 17.4. The van der Waals surface area contributed by atoms with E-state index in [1.165, 1.54) is 4.88 Å². The summed E-state index contributed by atoms with van der Waals surface area (Å²) in [7, 11) is 0. The van der Waals surface area contributed by atoms with E-state index in [0.717, 1.165) is 23.2 Å². The minimum atomic E-state index is 0. The number of aryl methyl sites for hydroxylation is 2. The molecule has 18 heavy (non-hydrogen) atoms. The predicted molar refractivity (Wildman–Crippen MR) is 90.0 cm³/mol. The number of hydrogen-bond donors (Lipinski definition) is 2. The molecule has 1 rings (SSSR count). The van der Waals surface area contributed by atoms with Gasteiger partial charge in [-0.3, -0.25) is 0 Å². The second kappa shape index (κ2) is 9.32. The van der Waals surface area contributed by atoms with E-state index >= 15 is 0 Å². The van der Waals surface area contributed by atoms with Gasteiger partial charge in [-0.05, 0) is 20.8 Å². The van der Waals surface area contributed by atoms with Gasteiger partial charge in [-0.2, -0.15) is 0 Å². The highest BCUT2D eigenvalue weighted by atomic mass is 127. The van der Waals surface area contributed by atoms with Crippen LogP contribution >= 0.6 is 35.3 Å². The number of hydrogen-bond acceptors (Lipinski definition) is 3. The molecule has 0 bridgehead atoms. The lowest BCUT2D eigenvalue weighted by molar-refractivity contribution is 0.861. The lowest BCUT2D eigenvalue weighted by atomic mass is 10.4. The highest BCUT2D eigenvalue weighted by molar-refractivity contribution is 14.0. The van der Waals surface area contributed by atoms with Crippen molar-refractivity contribution in [1.82, 2.24) is 15.6 Å². The van der Waals surface area contributed by atoms with Crippen LogP contribution in [0, 0.1) is 13.8 Å². The molecule has 0 fully saturated rings. The summed E-state index contributed by atoms with van der Waals surface area (Å²) < 4.78 is 0. The average molecular weight is 380 g/mol. The highest BCUT2D eigenvalue weighted by Crippen LogP contribution is 2.17. The normalized spacial score (nSPS) is 10.7. The molecule has 0 aliphatic carbocycles. The Morgan fingerprint density at radius 3 is 2.67 bits per heavy atom. The van der Waals surface area contributed by atoms with E-state index in [4.69, 9.17) is 0 Å². The SMILES string of the molecule is C=CCNC(=NCc1sc(C)nc1C)NCC.I. The van der Waals surface area contributed by atoms with Crippen molar-refractivity contribution in [2.45, 2.75) is 27.3 Å². The van der Waals surface area contributed by atoms with E-state index < -0.39 is 0 Å². The fourth-order valence-electron chi connectivity index (χ4n) is 1.38. The number of halogens is 1. The maximum absolute atomic E-state index is 4.51. The first-order valence-electron chi connectivity index (χ1n) is 5.73. The standard InChI is InChI=1S/C12H20N4S.HI/c1-5-7-14-12(13-6-2)15-8-11-9(3)16-10(4)17-11;/h5H,1,6-8H2,2-4H3,(H2,13,14,15);1H. The Bertz CT molecular complexity index is 401. The largest absolute Gasteiger partial charge is 0.357 e. The van der Waals surface area contributed by atoms with Crippen LogP contribution in [-0.4, -0.2) is 24.0 Å². The summed E-state index contributed by atoms with van der Waals surface area (Å²) in [5, 5.41) is 7.46. The van der Waals surface area contributed by atoms with Gasteiger partial charge in [-0.15, -0.1) is 41.9 Å². The van der Waals surface area contributed by atoms with E-state index in [9.17, 15) is 0 Å². The second-order valence-corrected chi connectivity index (χ2v) is 4.89. The van der Waals surface area contributed by atoms with E-state index in [1.807, 2.05) is 26.8 Å². The quantitative estimate of drug-likeness (QED) is 0.357. The van der Waals surface area contributed by atoms with Crippen molar-refractivity contribution in [3.63, 3.8) is 0 Å². The van der Waals surface area contributed by atoms with Gasteiger partial charge in [-0.25, -0.2) is 9.98 Å². The first-order valence-corrected chi connectivity index (χ1v) is 6.55. The lowest BCUT2D eigenvalue weighted by Crippen LogP contribution is -2.37. The zero-order valence-electron chi connectivity index (χ0n) is 11.1. The van der Waals surface area contributed by atoms with Crippen molar-refractivity contribution < 1.29 is 0 Å². The van der Waals surface area contributed by atoms with Crippen molar-refractivity contribution in [2.24, 2.45) is 4.99 Å². The molecule has 2 N–H and O–H groups in total. The Kier molecular flexibility index (Phi) is 8.99. The molecule has 1 heterocycles. The number of aromatic nitrogens is 1. The zero-order chi connectivity index (χ0) is 12.7. The van der Waals surface area contributed by atoms with E-state index in [2.05, 4.69) is 27.2 Å². The van der Waals surface area contributed by atoms with Crippen molar-refractivity contribution >= 4 is 41.3 Å². The summed E-state index contributed by atoms with van der Waals surface area (Å²) in [5.74, 6) is 0.817. The number of guanidine groups is 1. The maximum Gasteiger partial charge on any atom is 0.191 e. The zero-order valence-corrected chi connectivity index (χ0v) is 14.3. The number of nitrogens with zero attached hydrogens (tertiary/aromatic N) is 2. The Labute approximate surface area is 130 Å². The van der Waals surface area contributed by atoms with Gasteiger partial charge in [0, 0.05) is 18.0 Å². The van der Waals surface area contributed by atoms with Crippen LogP contribution in [0.15, 0.2) is 17.6 Å². The van der Waals surface area contributed by atoms with Crippen LogP contribution < -0.4 is 10.6 Å². The Balaban J connectivity index is 0.00000289. The van der Waals surface area contributed by atoms with Crippen molar-refractivity contribution in [3.05, 3.63) is 28.2 Å². The van der Waals surface area contributed by atoms with Crippen molar-refractivity contribution in [2.75, 3.05) is 13.1 Å². The monoisotopic (exact) mass is 380 g/mol. The smallest absolute Gasteiger partial charge is 0.191 e. The first-order chi connectivity index (χ1) is 8.17. The molecular formula is C12H21IN4S. The second-order valence-electron chi connectivity index (χ2n) is 3.61. The molecule has 0 atom stereocenters. The minimum Gasteiger partial charge on any atom is -0.357 e. The molecule has 0 radical (unpaired) electrons. The highest BCUT2D eigenvalue weighted by Gasteiger charge is 2.04. The Morgan fingerprint density at radius 2 is 2.17 bits per heavy atom. The molecule has 0 saturated carbocycles. The summed E-state index contributed by atoms with van der Waals surface area (Å²) in [6, 6.07) is 0. The molecule has 0 spiro atoms. The van der Waals surface area contributed by atoms with E-state index in [-0.39, 0.29) is 24.0 Å². The average Bonchev–Trinajstić information content (AvgIpc) is 2.61. The molecule has 0 saturated heterocycles. The van der Waals surface area contributed by atoms with Gasteiger partial charge in [0.15, 0.2) is 5.96 Å². The fraction of sp³-hybridized carbons (Fsp3) is 0.500. The van der Waals surface area contributed by atoms with Gasteiger partial charge in [0.05, 0.1) is 17.2 Å². The molecule has 0 aliphatic heterocycles. The molecular weight excluding hydrogens is 359 g/mol. The van der Waals surface area contributed by atoms with Gasteiger partial charge in [0.1, 0.15) is 0 Å². The van der Waals surface area contributed by atoms with E-state index in [1.54, 1.807) is 11.3 Å². The summed E-state index contributed by atoms with van der Waals surface area (Å²) >= 11 is 1.70. The number of aliphatic imine (C=N–C) groups is 1. The maximum atomic E-state index is 4.51. The van der Waals surface area contributed by atoms with Gasteiger partial charge in [0.2, 0.25) is 0 Å². The molecule has 102 valence electrons. The Morgan fingerprint density at radius 1 is 1.44 bits per heavy atom. The fourth-order valence-corrected chi connectivity index (χ4v) is 2.24. The topological polar surface area (TPSA) is 49.3 Å². The third-order valence-electron chi connectivity index (χ3n) is 2.14. The molecule has 1 aromatic rings. The van der Waals surface area contributed by atoms with Gasteiger partial charge in [0.25, 0.3) is 0 Å². The third-order valence-corrected chi connectivity index (χ3v) is 3.20. The summed E-state index contributed by atoms with van der Waals surface area (Å²) in [5.41, 5.74) is 1.08. The molecule has 0 aliphatic rings. The van der Waals surface area contributed by atoms with Gasteiger partial charge < -0.3 is 10.6 Å². The third kappa shape index (κ3) is 5.81. The number of nitrogens with one attached hydrogen (secondary N) is 2. The minimum absolute atomic E-state index is 0. The van der Waals surface area contributed by atoms with Crippen LogP contribution in [0.3, 0.4) is 0 Å². The van der Waals surface area contributed by atoms with Crippen LogP contribution in [0.5, 0.6) is 0 Å². The van der Waals surface area contributed by atoms with Gasteiger partial charge in [-0.1, -0.05) is 6.08 Å². The molecule has 0 amide bonds. The molecule has 0 aromatic carbocycles. The van der Waals surface area contributed by atoms with Crippen LogP contribution in [0.4, 0.5) is 0 Å². The lowest BCUT2D eigenvalue weighted by Gasteiger charge is -2.08. The number of thiazole rings is 1. The van der Waals surface area contributed by atoms with Crippen LogP contribution in [-0.2, 0) is 6.54 Å². The van der Waals surface area contributed by atoms with Crippen molar-refractivity contribution in [3.8, 4) is 0 Å². The Hall–Kier alpha value is -0.630. The van der Waals surface area contributed by atoms with Crippen LogP contribution in [0.25, 0.3) is 0 Å². The predicted octanol–water partition coefficient (Wildman–Crippen LogP) is 2.62. The number of rotatable bonds is 5. The summed E-state index contributed by atoms with van der Waals surface area (Å²) in [6.07, 6.45) is 1.81. The van der Waals surface area contributed by atoms with E-state index in [0.29, 0.717) is 13.1 Å². The summed E-state index contributed by atoms with van der Waals surface area (Å²) in [6.45, 7) is 12.0.